The summed E-state index contributed by atoms with van der Waals surface area (Å²) in [6.45, 7) is 0.769. The summed E-state index contributed by atoms with van der Waals surface area (Å²) in [6.07, 6.45) is -2.31. The van der Waals surface area contributed by atoms with Crippen molar-refractivity contribution in [2.75, 3.05) is 19.7 Å². The number of hydrogen-bond acceptors (Lipinski definition) is 3. The van der Waals surface area contributed by atoms with Gasteiger partial charge in [0.05, 0.1) is 12.1 Å². The van der Waals surface area contributed by atoms with E-state index in [2.05, 4.69) is 5.32 Å². The number of nitrogens with one attached hydrogen (secondary N) is 1. The molecule has 0 radical (unpaired) electrons. The minimum Gasteiger partial charge on any atom is -0.492 e. The van der Waals surface area contributed by atoms with E-state index >= 15 is 0 Å². The fourth-order valence-electron chi connectivity index (χ4n) is 3.39. The smallest absolute Gasteiger partial charge is 0.416 e. The molecule has 1 aliphatic heterocycles. The van der Waals surface area contributed by atoms with Crippen molar-refractivity contribution in [2.24, 2.45) is 0 Å². The Balaban J connectivity index is 1.57. The fourth-order valence-corrected chi connectivity index (χ4v) is 3.39. The second kappa shape index (κ2) is 9.65. The highest BCUT2D eigenvalue weighted by Gasteiger charge is 2.32. The van der Waals surface area contributed by atoms with E-state index in [0.717, 1.165) is 30.5 Å². The molecule has 1 N–H and O–H groups in total. The van der Waals surface area contributed by atoms with Crippen LogP contribution in [-0.4, -0.2) is 36.4 Å². The Morgan fingerprint density at radius 2 is 1.77 bits per heavy atom. The van der Waals surface area contributed by atoms with Gasteiger partial charge in [0.2, 0.25) is 11.8 Å². The lowest BCUT2D eigenvalue weighted by Crippen LogP contribution is -2.46. The molecule has 30 heavy (non-hydrogen) atoms. The van der Waals surface area contributed by atoms with Gasteiger partial charge in [-0.25, -0.2) is 0 Å². The van der Waals surface area contributed by atoms with Crippen molar-refractivity contribution >= 4 is 11.8 Å². The molecule has 1 heterocycles. The number of amides is 2. The number of carbonyl (C=O) groups is 2. The molecule has 8 heteroatoms. The number of piperidine rings is 1. The van der Waals surface area contributed by atoms with Gasteiger partial charge in [-0.15, -0.1) is 0 Å². The Hall–Kier alpha value is -3.03. The van der Waals surface area contributed by atoms with Crippen LogP contribution in [0, 0.1) is 0 Å². The first-order valence-electron chi connectivity index (χ1n) is 9.78. The van der Waals surface area contributed by atoms with Crippen molar-refractivity contribution in [1.29, 1.82) is 0 Å². The second-order valence-electron chi connectivity index (χ2n) is 7.02. The Morgan fingerprint density at radius 1 is 1.07 bits per heavy atom. The third kappa shape index (κ3) is 5.52. The van der Waals surface area contributed by atoms with Gasteiger partial charge in [-0.2, -0.15) is 13.2 Å². The molecule has 3 rings (SSSR count). The first-order chi connectivity index (χ1) is 14.4. The van der Waals surface area contributed by atoms with E-state index in [1.54, 1.807) is 4.90 Å². The van der Waals surface area contributed by atoms with Crippen LogP contribution in [0.25, 0.3) is 0 Å². The lowest BCUT2D eigenvalue weighted by Gasteiger charge is -2.34. The first-order valence-corrected chi connectivity index (χ1v) is 9.78. The molecule has 1 fully saturated rings. The van der Waals surface area contributed by atoms with Gasteiger partial charge in [0.25, 0.3) is 0 Å². The zero-order valence-electron chi connectivity index (χ0n) is 16.3. The van der Waals surface area contributed by atoms with Crippen molar-refractivity contribution < 1.29 is 27.5 Å². The quantitative estimate of drug-likeness (QED) is 0.690. The van der Waals surface area contributed by atoms with E-state index in [9.17, 15) is 22.8 Å². The summed E-state index contributed by atoms with van der Waals surface area (Å²) in [5.41, 5.74) is -0.0195. The van der Waals surface area contributed by atoms with Crippen LogP contribution in [0.5, 0.6) is 5.75 Å². The number of halogens is 3. The summed E-state index contributed by atoms with van der Waals surface area (Å²) in [4.78, 5) is 26.8. The minimum atomic E-state index is -4.40. The molecule has 0 spiro atoms. The minimum absolute atomic E-state index is 0.0498. The molecule has 2 aromatic carbocycles. The van der Waals surface area contributed by atoms with Crippen LogP contribution in [0.15, 0.2) is 54.6 Å². The van der Waals surface area contributed by atoms with Gasteiger partial charge in [0.15, 0.2) is 0 Å². The summed E-state index contributed by atoms with van der Waals surface area (Å²) in [5, 5.41) is 2.77. The SMILES string of the molecule is O=C(NCCOc1ccc(C(F)(F)F)cc1)C(c1ccccc1)N1CCCCC1=O. The summed E-state index contributed by atoms with van der Waals surface area (Å²) >= 11 is 0. The molecule has 1 aliphatic rings. The molecule has 1 saturated heterocycles. The second-order valence-corrected chi connectivity index (χ2v) is 7.02. The largest absolute Gasteiger partial charge is 0.492 e. The van der Waals surface area contributed by atoms with E-state index in [1.807, 2.05) is 30.3 Å². The molecule has 2 aromatic rings. The molecule has 160 valence electrons. The average Bonchev–Trinajstić information content (AvgIpc) is 2.73. The Morgan fingerprint density at radius 3 is 2.40 bits per heavy atom. The number of alkyl halides is 3. The maximum absolute atomic E-state index is 12.9. The lowest BCUT2D eigenvalue weighted by atomic mass is 10.0. The van der Waals surface area contributed by atoms with E-state index in [1.165, 1.54) is 12.1 Å². The van der Waals surface area contributed by atoms with Crippen LogP contribution in [0.4, 0.5) is 13.2 Å². The molecule has 0 bridgehead atoms. The number of nitrogens with zero attached hydrogens (tertiary/aromatic N) is 1. The molecular formula is C22H23F3N2O3. The summed E-state index contributed by atoms with van der Waals surface area (Å²) in [5.74, 6) is -0.0817. The van der Waals surface area contributed by atoms with Gasteiger partial charge in [-0.1, -0.05) is 30.3 Å². The molecule has 2 amide bonds. The van der Waals surface area contributed by atoms with E-state index in [-0.39, 0.29) is 30.7 Å². The third-order valence-electron chi connectivity index (χ3n) is 4.89. The van der Waals surface area contributed by atoms with Crippen LogP contribution in [0.1, 0.15) is 36.4 Å². The van der Waals surface area contributed by atoms with Crippen molar-refractivity contribution in [3.63, 3.8) is 0 Å². The number of likely N-dealkylation sites (tertiary alicyclic amines) is 1. The van der Waals surface area contributed by atoms with Crippen molar-refractivity contribution in [3.8, 4) is 5.75 Å². The monoisotopic (exact) mass is 420 g/mol. The molecule has 1 atom stereocenters. The molecule has 0 aromatic heterocycles. The van der Waals surface area contributed by atoms with E-state index < -0.39 is 17.8 Å². The van der Waals surface area contributed by atoms with Gasteiger partial charge in [0, 0.05) is 13.0 Å². The van der Waals surface area contributed by atoms with Gasteiger partial charge >= 0.3 is 6.18 Å². The highest BCUT2D eigenvalue weighted by Crippen LogP contribution is 2.30. The summed E-state index contributed by atoms with van der Waals surface area (Å²) < 4.78 is 43.2. The number of carbonyl (C=O) groups excluding carboxylic acids is 2. The zero-order chi connectivity index (χ0) is 21.6. The maximum atomic E-state index is 12.9. The highest BCUT2D eigenvalue weighted by atomic mass is 19.4. The number of rotatable bonds is 7. The van der Waals surface area contributed by atoms with E-state index in [0.29, 0.717) is 13.0 Å². The van der Waals surface area contributed by atoms with Crippen LogP contribution in [0.2, 0.25) is 0 Å². The van der Waals surface area contributed by atoms with E-state index in [4.69, 9.17) is 4.74 Å². The Kier molecular flexibility index (Phi) is 6.97. The number of ether oxygens (including phenoxy) is 1. The highest BCUT2D eigenvalue weighted by molar-refractivity contribution is 5.89. The van der Waals surface area contributed by atoms with Crippen molar-refractivity contribution in [3.05, 3.63) is 65.7 Å². The lowest BCUT2D eigenvalue weighted by molar-refractivity contribution is -0.142. The van der Waals surface area contributed by atoms with Gasteiger partial charge in [0.1, 0.15) is 18.4 Å². The average molecular weight is 420 g/mol. The standard InChI is InChI=1S/C22H23F3N2O3/c23-22(24,25)17-9-11-18(12-10-17)30-15-13-26-21(29)20(16-6-2-1-3-7-16)27-14-5-4-8-19(27)28/h1-3,6-7,9-12,20H,4-5,8,13-15H2,(H,26,29). The first kappa shape index (κ1) is 21.7. The van der Waals surface area contributed by atoms with Gasteiger partial charge < -0.3 is 15.0 Å². The normalized spacial score (nSPS) is 15.6. The summed E-state index contributed by atoms with van der Waals surface area (Å²) in [6, 6.07) is 12.8. The predicted octanol–water partition coefficient (Wildman–Crippen LogP) is 3.95. The van der Waals surface area contributed by atoms with Crippen LogP contribution >= 0.6 is 0 Å². The topological polar surface area (TPSA) is 58.6 Å². The maximum Gasteiger partial charge on any atom is 0.416 e. The molecular weight excluding hydrogens is 397 g/mol. The molecule has 0 aliphatic carbocycles. The zero-order valence-corrected chi connectivity index (χ0v) is 16.3. The number of benzene rings is 2. The van der Waals surface area contributed by atoms with Gasteiger partial charge in [-0.3, -0.25) is 9.59 Å². The molecule has 5 nitrogen and oxygen atoms in total. The Labute approximate surface area is 172 Å². The van der Waals surface area contributed by atoms with Crippen LogP contribution < -0.4 is 10.1 Å². The summed E-state index contributed by atoms with van der Waals surface area (Å²) in [7, 11) is 0. The number of hydrogen-bond donors (Lipinski definition) is 1. The molecule has 1 unspecified atom stereocenters. The fraction of sp³-hybridized carbons (Fsp3) is 0.364. The molecule has 0 saturated carbocycles. The third-order valence-corrected chi connectivity index (χ3v) is 4.89. The van der Waals surface area contributed by atoms with Crippen molar-refractivity contribution in [2.45, 2.75) is 31.5 Å². The van der Waals surface area contributed by atoms with Gasteiger partial charge in [-0.05, 0) is 42.7 Å². The van der Waals surface area contributed by atoms with Crippen molar-refractivity contribution in [1.82, 2.24) is 10.2 Å². The van der Waals surface area contributed by atoms with Crippen LogP contribution in [0.3, 0.4) is 0 Å². The van der Waals surface area contributed by atoms with Crippen LogP contribution in [-0.2, 0) is 15.8 Å². The predicted molar refractivity (Wildman–Crippen MR) is 105 cm³/mol. The Bertz CT molecular complexity index is 854.